The van der Waals surface area contributed by atoms with E-state index in [0.717, 1.165) is 25.9 Å². The average molecular weight is 237 g/mol. The van der Waals surface area contributed by atoms with E-state index in [9.17, 15) is 4.79 Å². The number of nitrogens with zero attached hydrogens (tertiary/aromatic N) is 2. The highest BCUT2D eigenvalue weighted by atomic mass is 16.2. The molecule has 0 aromatic rings. The molecule has 1 unspecified atom stereocenters. The Morgan fingerprint density at radius 2 is 2.12 bits per heavy atom. The van der Waals surface area contributed by atoms with Crippen LogP contribution in [0.1, 0.15) is 19.8 Å². The van der Waals surface area contributed by atoms with Crippen molar-refractivity contribution < 1.29 is 4.79 Å². The average Bonchev–Trinajstić information content (AvgIpc) is 2.31. The van der Waals surface area contributed by atoms with Crippen LogP contribution in [0.4, 0.5) is 0 Å². The van der Waals surface area contributed by atoms with Crippen LogP contribution in [0.15, 0.2) is 0 Å². The standard InChI is InChI=1S/C13H23N3O/c1-5-11(2)14-12-6-8-16(9-7-12)10-13(17)15(3)4/h1,11-12,14H,6-10H2,2-4H3. The van der Waals surface area contributed by atoms with E-state index >= 15 is 0 Å². The molecule has 0 spiro atoms. The van der Waals surface area contributed by atoms with Gasteiger partial charge in [0.05, 0.1) is 12.6 Å². The zero-order valence-electron chi connectivity index (χ0n) is 11.1. The van der Waals surface area contributed by atoms with Gasteiger partial charge in [0, 0.05) is 33.2 Å². The van der Waals surface area contributed by atoms with Crippen molar-refractivity contribution >= 4 is 5.91 Å². The lowest BCUT2D eigenvalue weighted by atomic mass is 10.0. The van der Waals surface area contributed by atoms with Crippen LogP contribution in [-0.4, -0.2) is 61.5 Å². The van der Waals surface area contributed by atoms with Gasteiger partial charge in [0.2, 0.25) is 5.91 Å². The predicted molar refractivity (Wildman–Crippen MR) is 69.6 cm³/mol. The third-order valence-electron chi connectivity index (χ3n) is 3.18. The van der Waals surface area contributed by atoms with Crippen molar-refractivity contribution in [2.45, 2.75) is 31.8 Å². The van der Waals surface area contributed by atoms with E-state index in [1.54, 1.807) is 19.0 Å². The molecule has 1 atom stereocenters. The maximum Gasteiger partial charge on any atom is 0.236 e. The lowest BCUT2D eigenvalue weighted by Gasteiger charge is -2.33. The van der Waals surface area contributed by atoms with E-state index in [2.05, 4.69) is 16.1 Å². The lowest BCUT2D eigenvalue weighted by Crippen LogP contribution is -2.47. The van der Waals surface area contributed by atoms with E-state index in [0.29, 0.717) is 12.6 Å². The van der Waals surface area contributed by atoms with Crippen LogP contribution in [0.2, 0.25) is 0 Å². The maximum absolute atomic E-state index is 11.6. The molecule has 1 amide bonds. The number of carbonyl (C=O) groups is 1. The van der Waals surface area contributed by atoms with Crippen molar-refractivity contribution in [1.82, 2.24) is 15.1 Å². The van der Waals surface area contributed by atoms with Gasteiger partial charge in [-0.05, 0) is 19.8 Å². The number of terminal acetylenes is 1. The number of piperidine rings is 1. The van der Waals surface area contributed by atoms with Gasteiger partial charge in [-0.1, -0.05) is 5.92 Å². The number of nitrogens with one attached hydrogen (secondary N) is 1. The van der Waals surface area contributed by atoms with Gasteiger partial charge in [0.25, 0.3) is 0 Å². The number of likely N-dealkylation sites (tertiary alicyclic amines) is 1. The largest absolute Gasteiger partial charge is 0.348 e. The monoisotopic (exact) mass is 237 g/mol. The highest BCUT2D eigenvalue weighted by Gasteiger charge is 2.21. The molecule has 0 radical (unpaired) electrons. The van der Waals surface area contributed by atoms with Crippen molar-refractivity contribution in [3.63, 3.8) is 0 Å². The van der Waals surface area contributed by atoms with Crippen molar-refractivity contribution in [2.24, 2.45) is 0 Å². The smallest absolute Gasteiger partial charge is 0.236 e. The first kappa shape index (κ1) is 14.0. The van der Waals surface area contributed by atoms with E-state index in [1.807, 2.05) is 6.92 Å². The van der Waals surface area contributed by atoms with Crippen LogP contribution < -0.4 is 5.32 Å². The highest BCUT2D eigenvalue weighted by Crippen LogP contribution is 2.10. The zero-order chi connectivity index (χ0) is 12.8. The summed E-state index contributed by atoms with van der Waals surface area (Å²) >= 11 is 0. The first-order valence-corrected chi connectivity index (χ1v) is 6.17. The molecule has 96 valence electrons. The lowest BCUT2D eigenvalue weighted by molar-refractivity contribution is -0.130. The summed E-state index contributed by atoms with van der Waals surface area (Å²) in [5, 5.41) is 3.41. The van der Waals surface area contributed by atoms with Crippen LogP contribution in [0, 0.1) is 12.3 Å². The number of hydrogen-bond acceptors (Lipinski definition) is 3. The van der Waals surface area contributed by atoms with Gasteiger partial charge in [-0.15, -0.1) is 6.42 Å². The Morgan fingerprint density at radius 3 is 2.59 bits per heavy atom. The van der Waals surface area contributed by atoms with E-state index in [-0.39, 0.29) is 11.9 Å². The fraction of sp³-hybridized carbons (Fsp3) is 0.769. The van der Waals surface area contributed by atoms with Crippen molar-refractivity contribution in [1.29, 1.82) is 0 Å². The van der Waals surface area contributed by atoms with E-state index < -0.39 is 0 Å². The molecule has 4 nitrogen and oxygen atoms in total. The summed E-state index contributed by atoms with van der Waals surface area (Å²) in [6.07, 6.45) is 7.47. The number of carbonyl (C=O) groups excluding carboxylic acids is 1. The van der Waals surface area contributed by atoms with E-state index in [1.165, 1.54) is 0 Å². The van der Waals surface area contributed by atoms with Crippen LogP contribution in [0.5, 0.6) is 0 Å². The summed E-state index contributed by atoms with van der Waals surface area (Å²) in [6.45, 7) is 4.47. The van der Waals surface area contributed by atoms with Gasteiger partial charge in [-0.25, -0.2) is 0 Å². The minimum absolute atomic E-state index is 0.134. The molecule has 1 saturated heterocycles. The normalized spacial score (nSPS) is 19.6. The molecule has 0 saturated carbocycles. The molecule has 0 aromatic heterocycles. The summed E-state index contributed by atoms with van der Waals surface area (Å²) in [7, 11) is 3.59. The van der Waals surface area contributed by atoms with Crippen LogP contribution in [0.3, 0.4) is 0 Å². The van der Waals surface area contributed by atoms with Crippen LogP contribution in [-0.2, 0) is 4.79 Å². The van der Waals surface area contributed by atoms with Gasteiger partial charge >= 0.3 is 0 Å². The Morgan fingerprint density at radius 1 is 1.53 bits per heavy atom. The van der Waals surface area contributed by atoms with Gasteiger partial charge in [0.1, 0.15) is 0 Å². The second-order valence-corrected chi connectivity index (χ2v) is 4.89. The summed E-state index contributed by atoms with van der Waals surface area (Å²) in [4.78, 5) is 15.4. The Labute approximate surface area is 104 Å². The third-order valence-corrected chi connectivity index (χ3v) is 3.18. The third kappa shape index (κ3) is 4.76. The van der Waals surface area contributed by atoms with Crippen molar-refractivity contribution in [3.05, 3.63) is 0 Å². The molecule has 0 aromatic carbocycles. The Hall–Kier alpha value is -1.05. The first-order chi connectivity index (χ1) is 8.02. The summed E-state index contributed by atoms with van der Waals surface area (Å²) < 4.78 is 0. The second kappa shape index (κ2) is 6.63. The zero-order valence-corrected chi connectivity index (χ0v) is 11.1. The number of likely N-dealkylation sites (N-methyl/N-ethyl adjacent to an activating group) is 1. The molecular weight excluding hydrogens is 214 g/mol. The Bertz CT molecular complexity index is 288. The van der Waals surface area contributed by atoms with Gasteiger partial charge in [-0.3, -0.25) is 9.69 Å². The topological polar surface area (TPSA) is 35.6 Å². The minimum atomic E-state index is 0.134. The molecule has 1 N–H and O–H groups in total. The highest BCUT2D eigenvalue weighted by molar-refractivity contribution is 5.77. The number of rotatable bonds is 4. The van der Waals surface area contributed by atoms with Gasteiger partial charge < -0.3 is 10.2 Å². The molecule has 1 rings (SSSR count). The van der Waals surface area contributed by atoms with Crippen molar-refractivity contribution in [3.8, 4) is 12.3 Å². The van der Waals surface area contributed by atoms with Crippen LogP contribution in [0.25, 0.3) is 0 Å². The molecule has 0 bridgehead atoms. The second-order valence-electron chi connectivity index (χ2n) is 4.89. The van der Waals surface area contributed by atoms with Gasteiger partial charge in [-0.2, -0.15) is 0 Å². The number of amides is 1. The number of hydrogen-bond donors (Lipinski definition) is 1. The fourth-order valence-electron chi connectivity index (χ4n) is 1.99. The van der Waals surface area contributed by atoms with Crippen LogP contribution >= 0.6 is 0 Å². The summed E-state index contributed by atoms with van der Waals surface area (Å²) in [5.74, 6) is 2.86. The molecule has 1 aliphatic rings. The molecule has 1 aliphatic heterocycles. The predicted octanol–water partition coefficient (Wildman–Crippen LogP) is 0.150. The molecule has 17 heavy (non-hydrogen) atoms. The van der Waals surface area contributed by atoms with E-state index in [4.69, 9.17) is 6.42 Å². The fourth-order valence-corrected chi connectivity index (χ4v) is 1.99. The Kier molecular flexibility index (Phi) is 5.46. The quantitative estimate of drug-likeness (QED) is 0.707. The summed E-state index contributed by atoms with van der Waals surface area (Å²) in [5.41, 5.74) is 0. The maximum atomic E-state index is 11.6. The minimum Gasteiger partial charge on any atom is -0.348 e. The summed E-state index contributed by atoms with van der Waals surface area (Å²) in [6, 6.07) is 0.627. The Balaban J connectivity index is 2.27. The molecule has 1 heterocycles. The van der Waals surface area contributed by atoms with Crippen molar-refractivity contribution in [2.75, 3.05) is 33.7 Å². The molecule has 1 fully saturated rings. The van der Waals surface area contributed by atoms with Gasteiger partial charge in [0.15, 0.2) is 0 Å². The first-order valence-electron chi connectivity index (χ1n) is 6.17. The molecule has 0 aliphatic carbocycles. The molecule has 4 heteroatoms. The molecular formula is C13H23N3O. The SMILES string of the molecule is C#CC(C)NC1CCN(CC(=O)N(C)C)CC1.